The van der Waals surface area contributed by atoms with E-state index in [1.165, 1.54) is 11.8 Å². The fraction of sp³-hybridized carbons (Fsp3) is 0.308. The predicted octanol–water partition coefficient (Wildman–Crippen LogP) is 1.19. The molecule has 0 radical (unpaired) electrons. The molecule has 0 aliphatic carbocycles. The third-order valence-corrected chi connectivity index (χ3v) is 2.46. The summed E-state index contributed by atoms with van der Waals surface area (Å²) in [5, 5.41) is 11.2. The summed E-state index contributed by atoms with van der Waals surface area (Å²) in [6.07, 6.45) is -0.0911. The maximum absolute atomic E-state index is 11.9. The highest BCUT2D eigenvalue weighted by atomic mass is 16.4. The van der Waals surface area contributed by atoms with E-state index < -0.39 is 5.97 Å². The molecule has 2 N–H and O–H groups in total. The number of aliphatic carboxylic acids is 1. The summed E-state index contributed by atoms with van der Waals surface area (Å²) in [5.74, 6) is -1.38. The van der Waals surface area contributed by atoms with Gasteiger partial charge in [0.05, 0.1) is 6.42 Å². The van der Waals surface area contributed by atoms with Crippen LogP contribution in [0.2, 0.25) is 0 Å². The fourth-order valence-electron chi connectivity index (χ4n) is 1.48. The molecule has 0 aromatic heterocycles. The second-order valence-electron chi connectivity index (χ2n) is 4.13. The molecule has 19 heavy (non-hydrogen) atoms. The van der Waals surface area contributed by atoms with E-state index in [1.807, 2.05) is 0 Å². The van der Waals surface area contributed by atoms with Gasteiger partial charge in [0.2, 0.25) is 5.91 Å². The van der Waals surface area contributed by atoms with Crippen LogP contribution in [0.25, 0.3) is 0 Å². The van der Waals surface area contributed by atoms with E-state index in [-0.39, 0.29) is 24.8 Å². The predicted molar refractivity (Wildman–Crippen MR) is 70.0 cm³/mol. The molecule has 0 saturated heterocycles. The van der Waals surface area contributed by atoms with Crippen molar-refractivity contribution in [1.29, 1.82) is 0 Å². The van der Waals surface area contributed by atoms with Crippen molar-refractivity contribution < 1.29 is 19.5 Å². The number of carbonyl (C=O) groups excluding carboxylic acids is 2. The summed E-state index contributed by atoms with van der Waals surface area (Å²) < 4.78 is 0. The summed E-state index contributed by atoms with van der Waals surface area (Å²) in [6.45, 7) is 1.56. The molecule has 0 heterocycles. The molecule has 1 aromatic rings. The number of nitrogens with zero attached hydrogens (tertiary/aromatic N) is 1. The van der Waals surface area contributed by atoms with E-state index in [4.69, 9.17) is 5.11 Å². The minimum atomic E-state index is -0.944. The summed E-state index contributed by atoms with van der Waals surface area (Å²) in [4.78, 5) is 34.6. The molecule has 2 amide bonds. The molecule has 6 nitrogen and oxygen atoms in total. The second-order valence-corrected chi connectivity index (χ2v) is 4.13. The summed E-state index contributed by atoms with van der Waals surface area (Å²) in [6, 6.07) is 6.43. The van der Waals surface area contributed by atoms with Crippen LogP contribution in [0.15, 0.2) is 24.3 Å². The molecular weight excluding hydrogens is 248 g/mol. The average Bonchev–Trinajstić information content (AvgIpc) is 2.35. The Balaban J connectivity index is 2.66. The minimum Gasteiger partial charge on any atom is -0.481 e. The highest BCUT2D eigenvalue weighted by Gasteiger charge is 2.12. The Hall–Kier alpha value is -2.37. The van der Waals surface area contributed by atoms with Gasteiger partial charge >= 0.3 is 5.97 Å². The lowest BCUT2D eigenvalue weighted by molar-refractivity contribution is -0.137. The normalized spacial score (nSPS) is 9.79. The van der Waals surface area contributed by atoms with Gasteiger partial charge in [-0.15, -0.1) is 0 Å². The van der Waals surface area contributed by atoms with Crippen LogP contribution in [-0.2, 0) is 9.59 Å². The summed E-state index contributed by atoms with van der Waals surface area (Å²) in [5.41, 5.74) is 1.05. The monoisotopic (exact) mass is 264 g/mol. The SMILES string of the molecule is CC(=O)Nc1ccc(C(=O)N(C)CCC(=O)O)cc1. The first-order valence-electron chi connectivity index (χ1n) is 5.75. The first kappa shape index (κ1) is 14.7. The molecule has 0 fully saturated rings. The number of hydrogen-bond donors (Lipinski definition) is 2. The van der Waals surface area contributed by atoms with E-state index in [0.717, 1.165) is 0 Å². The molecule has 102 valence electrons. The first-order valence-corrected chi connectivity index (χ1v) is 5.75. The number of rotatable bonds is 5. The van der Waals surface area contributed by atoms with Crippen molar-refractivity contribution in [2.45, 2.75) is 13.3 Å². The molecule has 0 aliphatic rings. The Morgan fingerprint density at radius 3 is 2.26 bits per heavy atom. The maximum Gasteiger partial charge on any atom is 0.305 e. The fourth-order valence-corrected chi connectivity index (χ4v) is 1.48. The van der Waals surface area contributed by atoms with E-state index >= 15 is 0 Å². The molecule has 1 aromatic carbocycles. The molecule has 0 unspecified atom stereocenters. The smallest absolute Gasteiger partial charge is 0.305 e. The molecule has 0 saturated carbocycles. The number of amides is 2. The van der Waals surface area contributed by atoms with Crippen molar-refractivity contribution in [3.8, 4) is 0 Å². The van der Waals surface area contributed by atoms with Crippen LogP contribution in [-0.4, -0.2) is 41.4 Å². The van der Waals surface area contributed by atoms with Gasteiger partial charge in [-0.2, -0.15) is 0 Å². The molecule has 0 spiro atoms. The zero-order chi connectivity index (χ0) is 14.4. The van der Waals surface area contributed by atoms with Crippen LogP contribution in [0, 0.1) is 0 Å². The average molecular weight is 264 g/mol. The summed E-state index contributed by atoms with van der Waals surface area (Å²) in [7, 11) is 1.55. The van der Waals surface area contributed by atoms with Gasteiger partial charge in [-0.25, -0.2) is 0 Å². The van der Waals surface area contributed by atoms with Gasteiger partial charge in [-0.1, -0.05) is 0 Å². The third-order valence-electron chi connectivity index (χ3n) is 2.46. The van der Waals surface area contributed by atoms with Crippen LogP contribution in [0.4, 0.5) is 5.69 Å². The molecular formula is C13H16N2O4. The Kier molecular flexibility index (Phi) is 5.05. The van der Waals surface area contributed by atoms with Crippen molar-refractivity contribution >= 4 is 23.5 Å². The summed E-state index contributed by atoms with van der Waals surface area (Å²) >= 11 is 0. The number of carboxylic acid groups (broad SMARTS) is 1. The van der Waals surface area contributed by atoms with Crippen molar-refractivity contribution in [2.24, 2.45) is 0 Å². The zero-order valence-electron chi connectivity index (χ0n) is 10.8. The Labute approximate surface area is 111 Å². The van der Waals surface area contributed by atoms with E-state index in [0.29, 0.717) is 11.3 Å². The number of carboxylic acids is 1. The first-order chi connectivity index (χ1) is 8.90. The minimum absolute atomic E-state index is 0.0911. The van der Waals surface area contributed by atoms with Crippen LogP contribution in [0.3, 0.4) is 0 Å². The van der Waals surface area contributed by atoms with E-state index in [2.05, 4.69) is 5.32 Å². The maximum atomic E-state index is 11.9. The number of nitrogens with one attached hydrogen (secondary N) is 1. The lowest BCUT2D eigenvalue weighted by atomic mass is 10.2. The number of carbonyl (C=O) groups is 3. The Morgan fingerprint density at radius 1 is 1.21 bits per heavy atom. The lowest BCUT2D eigenvalue weighted by Gasteiger charge is -2.16. The highest BCUT2D eigenvalue weighted by Crippen LogP contribution is 2.11. The molecule has 0 aliphatic heterocycles. The highest BCUT2D eigenvalue weighted by molar-refractivity contribution is 5.95. The van der Waals surface area contributed by atoms with E-state index in [9.17, 15) is 14.4 Å². The van der Waals surface area contributed by atoms with Crippen molar-refractivity contribution in [3.05, 3.63) is 29.8 Å². The number of benzene rings is 1. The molecule has 1 rings (SSSR count). The van der Waals surface area contributed by atoms with Gasteiger partial charge in [0.1, 0.15) is 0 Å². The molecule has 6 heteroatoms. The van der Waals surface area contributed by atoms with Crippen molar-refractivity contribution in [1.82, 2.24) is 4.90 Å². The largest absolute Gasteiger partial charge is 0.481 e. The van der Waals surface area contributed by atoms with Gasteiger partial charge in [0.15, 0.2) is 0 Å². The van der Waals surface area contributed by atoms with Crippen LogP contribution in [0.1, 0.15) is 23.7 Å². The van der Waals surface area contributed by atoms with E-state index in [1.54, 1.807) is 31.3 Å². The van der Waals surface area contributed by atoms with Crippen LogP contribution >= 0.6 is 0 Å². The number of hydrogen-bond acceptors (Lipinski definition) is 3. The van der Waals surface area contributed by atoms with Crippen molar-refractivity contribution in [2.75, 3.05) is 18.9 Å². The Bertz CT molecular complexity index is 482. The Morgan fingerprint density at radius 2 is 1.79 bits per heavy atom. The quantitative estimate of drug-likeness (QED) is 0.836. The molecule has 0 bridgehead atoms. The number of anilines is 1. The van der Waals surface area contributed by atoms with Gasteiger partial charge in [0, 0.05) is 31.8 Å². The van der Waals surface area contributed by atoms with Gasteiger partial charge in [-0.3, -0.25) is 14.4 Å². The standard InChI is InChI=1S/C13H16N2O4/c1-9(16)14-11-5-3-10(4-6-11)13(19)15(2)8-7-12(17)18/h3-6H,7-8H2,1-2H3,(H,14,16)(H,17,18). The zero-order valence-corrected chi connectivity index (χ0v) is 10.8. The van der Waals surface area contributed by atoms with Crippen LogP contribution in [0.5, 0.6) is 0 Å². The van der Waals surface area contributed by atoms with Gasteiger partial charge in [0.25, 0.3) is 5.91 Å². The van der Waals surface area contributed by atoms with Crippen molar-refractivity contribution in [3.63, 3.8) is 0 Å². The molecule has 0 atom stereocenters. The van der Waals surface area contributed by atoms with Gasteiger partial charge < -0.3 is 15.3 Å². The third kappa shape index (κ3) is 4.79. The van der Waals surface area contributed by atoms with Gasteiger partial charge in [-0.05, 0) is 24.3 Å². The topological polar surface area (TPSA) is 86.7 Å². The lowest BCUT2D eigenvalue weighted by Crippen LogP contribution is -2.29. The second kappa shape index (κ2) is 6.53. The van der Waals surface area contributed by atoms with Crippen LogP contribution < -0.4 is 5.32 Å².